The number of benzene rings is 1. The Kier molecular flexibility index (Phi) is 15.1. The van der Waals surface area contributed by atoms with Crippen LogP contribution in [0.25, 0.3) is 0 Å². The molecule has 3 nitrogen and oxygen atoms in total. The highest BCUT2D eigenvalue weighted by Gasteiger charge is 2.15. The van der Waals surface area contributed by atoms with E-state index in [1.807, 2.05) is 13.0 Å². The average Bonchev–Trinajstić information content (AvgIpc) is 2.72. The molecule has 0 aliphatic carbocycles. The van der Waals surface area contributed by atoms with Crippen molar-refractivity contribution in [3.8, 4) is 5.75 Å². The summed E-state index contributed by atoms with van der Waals surface area (Å²) in [6.45, 7) is 4.17. The van der Waals surface area contributed by atoms with Gasteiger partial charge in [-0.15, -0.1) is 23.2 Å². The molecule has 2 N–H and O–H groups in total. The maximum atomic E-state index is 12.0. The Labute approximate surface area is 193 Å². The molecule has 0 aliphatic rings. The van der Waals surface area contributed by atoms with Gasteiger partial charge in [-0.1, -0.05) is 77.2 Å². The van der Waals surface area contributed by atoms with Gasteiger partial charge < -0.3 is 10.4 Å². The first-order chi connectivity index (χ1) is 14.4. The van der Waals surface area contributed by atoms with Crippen molar-refractivity contribution in [2.45, 2.75) is 114 Å². The Bertz CT molecular complexity index is 595. The summed E-state index contributed by atoms with van der Waals surface area (Å²) in [5.41, 5.74) is 1.50. The molecule has 30 heavy (non-hydrogen) atoms. The number of phenols is 1. The largest absolute Gasteiger partial charge is 0.506 e. The quantitative estimate of drug-likeness (QED) is 0.140. The summed E-state index contributed by atoms with van der Waals surface area (Å²) in [6, 6.07) is 5.21. The molecule has 5 heteroatoms. The Hall–Kier alpha value is -0.930. The number of rotatable bonds is 17. The number of halogens is 2. The van der Waals surface area contributed by atoms with Crippen molar-refractivity contribution in [3.05, 3.63) is 23.8 Å². The number of hydrogen-bond acceptors (Lipinski definition) is 2. The number of phenolic OH excluding ortho intramolecular Hbond substituents is 1. The standard InChI is InChI=1S/C25H41Cl2NO2/c1-3-4-5-6-8-11-14-21(26)22(27)15-12-9-7-10-13-16-25(30)28-23-19-20(2)17-18-24(23)29/h17-19,21-22,29H,3-16H2,1-2H3,(H,28,30). The topological polar surface area (TPSA) is 49.3 Å². The predicted octanol–water partition coefficient (Wildman–Crippen LogP) is 8.34. The number of aryl methyl sites for hydroxylation is 1. The third-order valence-electron chi connectivity index (χ3n) is 5.54. The van der Waals surface area contributed by atoms with Crippen LogP contribution in [-0.4, -0.2) is 21.8 Å². The van der Waals surface area contributed by atoms with Crippen LogP contribution in [0.4, 0.5) is 5.69 Å². The normalized spacial score (nSPS) is 13.2. The Balaban J connectivity index is 2.01. The zero-order valence-corrected chi connectivity index (χ0v) is 20.4. The van der Waals surface area contributed by atoms with E-state index in [0.29, 0.717) is 12.1 Å². The molecule has 0 radical (unpaired) electrons. The minimum absolute atomic E-state index is 0.0450. The lowest BCUT2D eigenvalue weighted by Crippen LogP contribution is -2.14. The molecular formula is C25H41Cl2NO2. The van der Waals surface area contributed by atoms with E-state index in [2.05, 4.69) is 12.2 Å². The first-order valence-corrected chi connectivity index (χ1v) is 12.7. The minimum Gasteiger partial charge on any atom is -0.506 e. The maximum Gasteiger partial charge on any atom is 0.224 e. The molecule has 0 bridgehead atoms. The number of hydrogen-bond donors (Lipinski definition) is 2. The van der Waals surface area contributed by atoms with Crippen molar-refractivity contribution in [1.29, 1.82) is 0 Å². The van der Waals surface area contributed by atoms with Crippen LogP contribution < -0.4 is 5.32 Å². The van der Waals surface area contributed by atoms with E-state index in [1.165, 1.54) is 38.5 Å². The van der Waals surface area contributed by atoms with Crippen LogP contribution in [0.1, 0.15) is 102 Å². The number of amides is 1. The number of unbranched alkanes of at least 4 members (excludes halogenated alkanes) is 9. The molecule has 172 valence electrons. The molecule has 0 saturated heterocycles. The zero-order valence-electron chi connectivity index (χ0n) is 18.9. The predicted molar refractivity (Wildman–Crippen MR) is 131 cm³/mol. The number of nitrogens with one attached hydrogen (secondary N) is 1. The van der Waals surface area contributed by atoms with Crippen LogP contribution in [0.2, 0.25) is 0 Å². The van der Waals surface area contributed by atoms with E-state index in [1.54, 1.807) is 12.1 Å². The van der Waals surface area contributed by atoms with Crippen LogP contribution in [0.5, 0.6) is 5.75 Å². The molecule has 1 aromatic rings. The van der Waals surface area contributed by atoms with Crippen molar-refractivity contribution >= 4 is 34.8 Å². The van der Waals surface area contributed by atoms with Crippen molar-refractivity contribution in [1.82, 2.24) is 0 Å². The molecule has 0 spiro atoms. The Morgan fingerprint density at radius 3 is 2.03 bits per heavy atom. The van der Waals surface area contributed by atoms with Crippen molar-refractivity contribution in [3.63, 3.8) is 0 Å². The summed E-state index contributed by atoms with van der Waals surface area (Å²) < 4.78 is 0. The third kappa shape index (κ3) is 12.7. The average molecular weight is 459 g/mol. The number of carbonyl (C=O) groups excluding carboxylic acids is 1. The summed E-state index contributed by atoms with van der Waals surface area (Å²) in [7, 11) is 0. The Morgan fingerprint density at radius 2 is 1.43 bits per heavy atom. The van der Waals surface area contributed by atoms with Gasteiger partial charge in [-0.25, -0.2) is 0 Å². The lowest BCUT2D eigenvalue weighted by atomic mass is 10.0. The van der Waals surface area contributed by atoms with E-state index < -0.39 is 0 Å². The van der Waals surface area contributed by atoms with Gasteiger partial charge in [-0.05, 0) is 43.9 Å². The second-order valence-electron chi connectivity index (χ2n) is 8.46. The Morgan fingerprint density at radius 1 is 0.900 bits per heavy atom. The van der Waals surface area contributed by atoms with Gasteiger partial charge in [0.05, 0.1) is 5.69 Å². The second-order valence-corrected chi connectivity index (χ2v) is 9.58. The van der Waals surface area contributed by atoms with Crippen LogP contribution in [-0.2, 0) is 4.79 Å². The molecule has 0 heterocycles. The van der Waals surface area contributed by atoms with Gasteiger partial charge in [-0.3, -0.25) is 4.79 Å². The van der Waals surface area contributed by atoms with E-state index in [0.717, 1.165) is 50.5 Å². The van der Waals surface area contributed by atoms with Gasteiger partial charge in [0.2, 0.25) is 5.91 Å². The van der Waals surface area contributed by atoms with Gasteiger partial charge in [-0.2, -0.15) is 0 Å². The molecule has 0 aliphatic heterocycles. The minimum atomic E-state index is -0.0450. The fourth-order valence-electron chi connectivity index (χ4n) is 3.60. The number of carbonyl (C=O) groups is 1. The van der Waals surface area contributed by atoms with Crippen LogP contribution in [0.3, 0.4) is 0 Å². The van der Waals surface area contributed by atoms with Gasteiger partial charge in [0.15, 0.2) is 0 Å². The number of aromatic hydroxyl groups is 1. The molecule has 1 rings (SSSR count). The summed E-state index contributed by atoms with van der Waals surface area (Å²) in [6.07, 6.45) is 15.4. The highest BCUT2D eigenvalue weighted by molar-refractivity contribution is 6.29. The smallest absolute Gasteiger partial charge is 0.224 e. The fraction of sp³-hybridized carbons (Fsp3) is 0.720. The molecule has 2 unspecified atom stereocenters. The lowest BCUT2D eigenvalue weighted by Gasteiger charge is -2.16. The van der Waals surface area contributed by atoms with Crippen molar-refractivity contribution in [2.75, 3.05) is 5.32 Å². The summed E-state index contributed by atoms with van der Waals surface area (Å²) >= 11 is 12.9. The molecule has 0 saturated carbocycles. The van der Waals surface area contributed by atoms with Crippen molar-refractivity contribution in [2.24, 2.45) is 0 Å². The lowest BCUT2D eigenvalue weighted by molar-refractivity contribution is -0.116. The zero-order chi connectivity index (χ0) is 22.2. The van der Waals surface area contributed by atoms with Gasteiger partial charge in [0.25, 0.3) is 0 Å². The molecule has 0 aromatic heterocycles. The van der Waals surface area contributed by atoms with Crippen molar-refractivity contribution < 1.29 is 9.90 Å². The maximum absolute atomic E-state index is 12.0. The SMILES string of the molecule is CCCCCCCCC(Cl)C(Cl)CCCCCCCC(=O)Nc1cc(C)ccc1O. The van der Waals surface area contributed by atoms with Crippen LogP contribution in [0.15, 0.2) is 18.2 Å². The van der Waals surface area contributed by atoms with E-state index in [9.17, 15) is 9.90 Å². The molecule has 1 amide bonds. The third-order valence-corrected chi connectivity index (χ3v) is 6.71. The second kappa shape index (κ2) is 16.7. The highest BCUT2D eigenvalue weighted by atomic mass is 35.5. The summed E-state index contributed by atoms with van der Waals surface area (Å²) in [5, 5.41) is 12.7. The fourth-order valence-corrected chi connectivity index (χ4v) is 4.16. The van der Waals surface area contributed by atoms with Gasteiger partial charge >= 0.3 is 0 Å². The number of anilines is 1. The van der Waals surface area contributed by atoms with Gasteiger partial charge in [0, 0.05) is 17.2 Å². The highest BCUT2D eigenvalue weighted by Crippen LogP contribution is 2.25. The van der Waals surface area contributed by atoms with Crippen LogP contribution >= 0.6 is 23.2 Å². The first-order valence-electron chi connectivity index (χ1n) is 11.8. The first kappa shape index (κ1) is 27.1. The van der Waals surface area contributed by atoms with E-state index in [4.69, 9.17) is 23.2 Å². The molecule has 0 fully saturated rings. The summed E-state index contributed by atoms with van der Waals surface area (Å²) in [4.78, 5) is 12.0. The van der Waals surface area contributed by atoms with E-state index in [-0.39, 0.29) is 22.4 Å². The molecule has 1 aromatic carbocycles. The number of alkyl halides is 2. The summed E-state index contributed by atoms with van der Waals surface area (Å²) in [5.74, 6) is 0.0649. The monoisotopic (exact) mass is 457 g/mol. The van der Waals surface area contributed by atoms with E-state index >= 15 is 0 Å². The van der Waals surface area contributed by atoms with Crippen LogP contribution in [0, 0.1) is 6.92 Å². The molecule has 2 atom stereocenters. The molecular weight excluding hydrogens is 417 g/mol. The van der Waals surface area contributed by atoms with Gasteiger partial charge in [0.1, 0.15) is 5.75 Å².